The average Bonchev–Trinajstić information content (AvgIpc) is 2.88. The number of nitrogens with one attached hydrogen (secondary N) is 1. The molecule has 0 saturated carbocycles. The lowest BCUT2D eigenvalue weighted by Crippen LogP contribution is -2.23. The Morgan fingerprint density at radius 3 is 3.06 bits per heavy atom. The summed E-state index contributed by atoms with van der Waals surface area (Å²) in [5.74, 6) is 0. The van der Waals surface area contributed by atoms with Crippen LogP contribution in [-0.4, -0.2) is 29.0 Å². The van der Waals surface area contributed by atoms with Gasteiger partial charge in [0.1, 0.15) is 0 Å². The van der Waals surface area contributed by atoms with E-state index in [0.29, 0.717) is 12.1 Å². The van der Waals surface area contributed by atoms with Crippen molar-refractivity contribution in [3.8, 4) is 0 Å². The minimum absolute atomic E-state index is 0.366. The van der Waals surface area contributed by atoms with E-state index in [1.54, 1.807) is 0 Å². The van der Waals surface area contributed by atoms with Gasteiger partial charge < -0.3 is 10.1 Å². The summed E-state index contributed by atoms with van der Waals surface area (Å²) in [5.41, 5.74) is 2.41. The molecule has 1 saturated heterocycles. The van der Waals surface area contributed by atoms with Gasteiger partial charge in [0.05, 0.1) is 11.8 Å². The van der Waals surface area contributed by atoms with Gasteiger partial charge in [-0.1, -0.05) is 0 Å². The molecule has 1 aromatic heterocycles. The fourth-order valence-corrected chi connectivity index (χ4v) is 2.49. The van der Waals surface area contributed by atoms with Gasteiger partial charge in [0.15, 0.2) is 0 Å². The number of aryl methyl sites for hydroxylation is 2. The van der Waals surface area contributed by atoms with E-state index < -0.39 is 0 Å². The van der Waals surface area contributed by atoms with E-state index >= 15 is 0 Å². The Kier molecular flexibility index (Phi) is 4.18. The van der Waals surface area contributed by atoms with E-state index in [1.165, 1.54) is 18.4 Å². The third kappa shape index (κ3) is 3.30. The summed E-state index contributed by atoms with van der Waals surface area (Å²) in [4.78, 5) is 0. The second kappa shape index (κ2) is 5.65. The number of hydrogen-bond acceptors (Lipinski definition) is 3. The largest absolute Gasteiger partial charge is 0.378 e. The predicted molar refractivity (Wildman–Crippen MR) is 68.0 cm³/mol. The highest BCUT2D eigenvalue weighted by Crippen LogP contribution is 2.17. The molecule has 2 atom stereocenters. The average molecular weight is 237 g/mol. The molecular formula is C13H23N3O. The van der Waals surface area contributed by atoms with Crippen molar-refractivity contribution < 1.29 is 4.74 Å². The van der Waals surface area contributed by atoms with Crippen molar-refractivity contribution in [3.63, 3.8) is 0 Å². The number of hydrogen-bond donors (Lipinski definition) is 1. The normalized spacial score (nSPS) is 21.9. The smallest absolute Gasteiger partial charge is 0.0641 e. The fourth-order valence-electron chi connectivity index (χ4n) is 2.49. The van der Waals surface area contributed by atoms with Gasteiger partial charge in [0, 0.05) is 31.5 Å². The van der Waals surface area contributed by atoms with E-state index in [0.717, 1.165) is 25.3 Å². The van der Waals surface area contributed by atoms with E-state index in [-0.39, 0.29) is 0 Å². The molecule has 96 valence electrons. The van der Waals surface area contributed by atoms with Gasteiger partial charge in [-0.3, -0.25) is 4.68 Å². The highest BCUT2D eigenvalue weighted by Gasteiger charge is 2.16. The predicted octanol–water partition coefficient (Wildman–Crippen LogP) is 1.95. The summed E-state index contributed by atoms with van der Waals surface area (Å²) >= 11 is 0. The van der Waals surface area contributed by atoms with Crippen LogP contribution in [0.5, 0.6) is 0 Å². The SMILES string of the molecule is Cc1nn(C)cc1C(C)NCCC1CCCO1. The molecule has 1 fully saturated rings. The van der Waals surface area contributed by atoms with Gasteiger partial charge in [-0.25, -0.2) is 0 Å². The van der Waals surface area contributed by atoms with Crippen LogP contribution in [0.25, 0.3) is 0 Å². The lowest BCUT2D eigenvalue weighted by molar-refractivity contribution is 0.103. The summed E-state index contributed by atoms with van der Waals surface area (Å²) in [6.45, 7) is 6.22. The molecule has 1 aliphatic heterocycles. The molecule has 0 amide bonds. The van der Waals surface area contributed by atoms with E-state index in [9.17, 15) is 0 Å². The molecule has 1 N–H and O–H groups in total. The van der Waals surface area contributed by atoms with Gasteiger partial charge in [-0.2, -0.15) is 5.10 Å². The van der Waals surface area contributed by atoms with Crippen LogP contribution in [-0.2, 0) is 11.8 Å². The zero-order valence-corrected chi connectivity index (χ0v) is 11.1. The quantitative estimate of drug-likeness (QED) is 0.850. The lowest BCUT2D eigenvalue weighted by Gasteiger charge is -2.15. The number of ether oxygens (including phenoxy) is 1. The van der Waals surface area contributed by atoms with Gasteiger partial charge >= 0.3 is 0 Å². The van der Waals surface area contributed by atoms with Crippen molar-refractivity contribution in [2.24, 2.45) is 7.05 Å². The molecule has 1 aliphatic rings. The summed E-state index contributed by atoms with van der Waals surface area (Å²) in [7, 11) is 1.97. The lowest BCUT2D eigenvalue weighted by atomic mass is 10.1. The monoisotopic (exact) mass is 237 g/mol. The molecule has 1 aromatic rings. The number of aromatic nitrogens is 2. The van der Waals surface area contributed by atoms with E-state index in [2.05, 4.69) is 30.5 Å². The van der Waals surface area contributed by atoms with Crippen molar-refractivity contribution in [2.75, 3.05) is 13.2 Å². The first-order valence-corrected chi connectivity index (χ1v) is 6.52. The molecule has 4 heteroatoms. The van der Waals surface area contributed by atoms with Crippen molar-refractivity contribution in [3.05, 3.63) is 17.5 Å². The molecule has 17 heavy (non-hydrogen) atoms. The van der Waals surface area contributed by atoms with Crippen LogP contribution in [0.3, 0.4) is 0 Å². The first-order chi connectivity index (χ1) is 8.16. The second-order valence-electron chi connectivity index (χ2n) is 4.94. The maximum atomic E-state index is 5.61. The van der Waals surface area contributed by atoms with Crippen LogP contribution in [0.2, 0.25) is 0 Å². The Bertz CT molecular complexity index is 356. The third-order valence-electron chi connectivity index (χ3n) is 3.46. The highest BCUT2D eigenvalue weighted by atomic mass is 16.5. The molecule has 0 aliphatic carbocycles. The molecular weight excluding hydrogens is 214 g/mol. The maximum absolute atomic E-state index is 5.61. The van der Waals surface area contributed by atoms with E-state index in [4.69, 9.17) is 4.74 Å². The molecule has 0 aromatic carbocycles. The van der Waals surface area contributed by atoms with Crippen LogP contribution in [0, 0.1) is 6.92 Å². The Labute approximate surface area is 103 Å². The fraction of sp³-hybridized carbons (Fsp3) is 0.769. The van der Waals surface area contributed by atoms with Crippen molar-refractivity contribution >= 4 is 0 Å². The second-order valence-corrected chi connectivity index (χ2v) is 4.94. The standard InChI is InChI=1S/C13H23N3O/c1-10(13-9-16(3)15-11(13)2)14-7-6-12-5-4-8-17-12/h9-10,12,14H,4-8H2,1-3H3. The van der Waals surface area contributed by atoms with Gasteiger partial charge in [0.2, 0.25) is 0 Å². The molecule has 0 bridgehead atoms. The van der Waals surface area contributed by atoms with Crippen LogP contribution >= 0.6 is 0 Å². The van der Waals surface area contributed by atoms with Crippen molar-refractivity contribution in [1.82, 2.24) is 15.1 Å². The Hall–Kier alpha value is -0.870. The Morgan fingerprint density at radius 2 is 2.47 bits per heavy atom. The first kappa shape index (κ1) is 12.6. The summed E-state index contributed by atoms with van der Waals surface area (Å²) in [5, 5.41) is 7.92. The van der Waals surface area contributed by atoms with Crippen LogP contribution in [0.1, 0.15) is 43.5 Å². The third-order valence-corrected chi connectivity index (χ3v) is 3.46. The zero-order chi connectivity index (χ0) is 12.3. The Morgan fingerprint density at radius 1 is 1.65 bits per heavy atom. The molecule has 4 nitrogen and oxygen atoms in total. The summed E-state index contributed by atoms with van der Waals surface area (Å²) in [6, 6.07) is 0.366. The van der Waals surface area contributed by atoms with Gasteiger partial charge in [0.25, 0.3) is 0 Å². The summed E-state index contributed by atoms with van der Waals surface area (Å²) in [6.07, 6.45) is 6.14. The molecule has 2 rings (SSSR count). The minimum atomic E-state index is 0.366. The highest BCUT2D eigenvalue weighted by molar-refractivity contribution is 5.19. The van der Waals surface area contributed by atoms with Crippen LogP contribution in [0.4, 0.5) is 0 Å². The van der Waals surface area contributed by atoms with Crippen molar-refractivity contribution in [1.29, 1.82) is 0 Å². The zero-order valence-electron chi connectivity index (χ0n) is 11.1. The number of nitrogens with zero attached hydrogens (tertiary/aromatic N) is 2. The summed E-state index contributed by atoms with van der Waals surface area (Å²) < 4.78 is 7.49. The molecule has 2 heterocycles. The van der Waals surface area contributed by atoms with Gasteiger partial charge in [-0.05, 0) is 39.7 Å². The molecule has 0 spiro atoms. The molecule has 0 radical (unpaired) electrons. The number of rotatable bonds is 5. The van der Waals surface area contributed by atoms with Crippen molar-refractivity contribution in [2.45, 2.75) is 45.3 Å². The first-order valence-electron chi connectivity index (χ1n) is 6.52. The topological polar surface area (TPSA) is 39.1 Å². The van der Waals surface area contributed by atoms with E-state index in [1.807, 2.05) is 11.7 Å². The van der Waals surface area contributed by atoms with Gasteiger partial charge in [-0.15, -0.1) is 0 Å². The molecule has 2 unspecified atom stereocenters. The van der Waals surface area contributed by atoms with Crippen LogP contribution in [0.15, 0.2) is 6.20 Å². The minimum Gasteiger partial charge on any atom is -0.378 e. The Balaban J connectivity index is 1.76. The van der Waals surface area contributed by atoms with Crippen LogP contribution < -0.4 is 5.32 Å². The maximum Gasteiger partial charge on any atom is 0.0641 e.